The van der Waals surface area contributed by atoms with Gasteiger partial charge in [-0.05, 0) is 56.7 Å². The molecule has 3 aliphatic heterocycles. The van der Waals surface area contributed by atoms with Gasteiger partial charge in [-0.1, -0.05) is 72.8 Å². The van der Waals surface area contributed by atoms with Crippen molar-refractivity contribution in [3.63, 3.8) is 0 Å². The van der Waals surface area contributed by atoms with E-state index in [1.165, 1.54) is 54.8 Å². The molecule has 4 aliphatic rings. The van der Waals surface area contributed by atoms with Gasteiger partial charge >= 0.3 is 0 Å². The zero-order valence-electron chi connectivity index (χ0n) is 17.3. The molecule has 10 rings (SSSR count). The number of benzene rings is 4. The van der Waals surface area contributed by atoms with Gasteiger partial charge in [0.1, 0.15) is 0 Å². The minimum Gasteiger partial charge on any atom is -0.309 e. The molecule has 5 heterocycles. The molecule has 144 valence electrons. The molecule has 0 amide bonds. The van der Waals surface area contributed by atoms with Crippen LogP contribution in [0.3, 0.4) is 0 Å². The van der Waals surface area contributed by atoms with E-state index in [1.807, 2.05) is 0 Å². The molecule has 2 atom stereocenters. The lowest BCUT2D eigenvalue weighted by molar-refractivity contribution is 0.889. The first-order valence-electron chi connectivity index (χ1n) is 11.7. The molecule has 2 heteroatoms. The Labute approximate surface area is 184 Å². The minimum absolute atomic E-state index is 0.520. The number of hydrogen-bond acceptors (Lipinski definition) is 0. The number of aromatic nitrogens is 1. The van der Waals surface area contributed by atoms with E-state index in [1.54, 1.807) is 22.1 Å². The zero-order valence-corrected chi connectivity index (χ0v) is 17.3. The van der Waals surface area contributed by atoms with Crippen molar-refractivity contribution in [2.75, 3.05) is 0 Å². The van der Waals surface area contributed by atoms with Crippen LogP contribution in [0.5, 0.6) is 0 Å². The van der Waals surface area contributed by atoms with Crippen molar-refractivity contribution < 1.29 is 0 Å². The number of nitrogens with zero attached hydrogens (tertiary/aromatic N) is 1. The molecule has 0 spiro atoms. The van der Waals surface area contributed by atoms with Crippen molar-refractivity contribution >= 4 is 61.3 Å². The summed E-state index contributed by atoms with van der Waals surface area (Å²) >= 11 is 0. The van der Waals surface area contributed by atoms with E-state index < -0.39 is 0 Å². The van der Waals surface area contributed by atoms with E-state index in [0.717, 1.165) is 0 Å². The Morgan fingerprint density at radius 2 is 1.47 bits per heavy atom. The van der Waals surface area contributed by atoms with E-state index in [9.17, 15) is 0 Å². The molecule has 0 radical (unpaired) electrons. The Balaban J connectivity index is 1.53. The van der Waals surface area contributed by atoms with Crippen molar-refractivity contribution in [2.24, 2.45) is 0 Å². The van der Waals surface area contributed by atoms with Gasteiger partial charge in [-0.25, -0.2) is 0 Å². The van der Waals surface area contributed by atoms with Gasteiger partial charge in [0.2, 0.25) is 6.71 Å². The average Bonchev–Trinajstić information content (AvgIpc) is 3.56. The van der Waals surface area contributed by atoms with Gasteiger partial charge in [-0.15, -0.1) is 0 Å². The van der Waals surface area contributed by atoms with Crippen molar-refractivity contribution in [1.29, 1.82) is 0 Å². The highest BCUT2D eigenvalue weighted by Crippen LogP contribution is 2.56. The molecular weight excluding hydrogens is 385 g/mol. The fraction of sp³-hybridized carbons (Fsp3) is 0.0667. The maximum absolute atomic E-state index is 2.64. The van der Waals surface area contributed by atoms with Gasteiger partial charge < -0.3 is 4.40 Å². The second-order valence-electron chi connectivity index (χ2n) is 10.0. The molecular formula is C30H16BN. The summed E-state index contributed by atoms with van der Waals surface area (Å²) < 4.78 is 2.64. The largest absolute Gasteiger partial charge is 0.309 e. The molecule has 0 fully saturated rings. The van der Waals surface area contributed by atoms with E-state index >= 15 is 0 Å². The number of hydrogen-bond donors (Lipinski definition) is 0. The molecule has 32 heavy (non-hydrogen) atoms. The normalized spacial score (nSPS) is 21.1. The maximum Gasteiger partial charge on any atom is 0.224 e. The third kappa shape index (κ3) is 1.32. The molecule has 0 N–H and O–H groups in total. The Morgan fingerprint density at radius 3 is 2.31 bits per heavy atom. The minimum atomic E-state index is 0.520. The summed E-state index contributed by atoms with van der Waals surface area (Å²) in [5.74, 6) is 1.11. The van der Waals surface area contributed by atoms with E-state index in [4.69, 9.17) is 0 Å². The van der Waals surface area contributed by atoms with Crippen LogP contribution >= 0.6 is 0 Å². The molecule has 4 aromatic carbocycles. The monoisotopic (exact) mass is 401 g/mol. The van der Waals surface area contributed by atoms with Crippen LogP contribution in [-0.2, 0) is 0 Å². The number of rotatable bonds is 1. The van der Waals surface area contributed by atoms with E-state index in [0.29, 0.717) is 18.4 Å². The van der Waals surface area contributed by atoms with Crippen LogP contribution < -0.4 is 10.9 Å². The summed E-state index contributed by atoms with van der Waals surface area (Å²) in [5.41, 5.74) is 14.8. The Bertz CT molecular complexity index is 1940. The average molecular weight is 401 g/mol. The third-order valence-electron chi connectivity index (χ3n) is 8.93. The Morgan fingerprint density at radius 1 is 0.688 bits per heavy atom. The lowest BCUT2D eigenvalue weighted by Gasteiger charge is -2.21. The van der Waals surface area contributed by atoms with Gasteiger partial charge in [-0.3, -0.25) is 0 Å². The standard InChI is InChI=1S/C30H16BN/c1-2-5-15(6-3-1)16-13-23-21-11-9-19-17-7-4-8-18-20-10-12-22-24(14-16)28(23)32-29(21)26(19)31(25(17)18)27(20)30(22)32/h1-14,17,25H. The van der Waals surface area contributed by atoms with Crippen LogP contribution in [0, 0.1) is 0 Å². The van der Waals surface area contributed by atoms with Crippen LogP contribution in [0.15, 0.2) is 85.0 Å². The van der Waals surface area contributed by atoms with Gasteiger partial charge in [0.25, 0.3) is 0 Å². The van der Waals surface area contributed by atoms with Crippen molar-refractivity contribution in [3.05, 3.63) is 96.1 Å². The zero-order chi connectivity index (χ0) is 20.3. The summed E-state index contributed by atoms with van der Waals surface area (Å²) in [5, 5.41) is 5.67. The summed E-state index contributed by atoms with van der Waals surface area (Å²) in [6, 6.07) is 25.4. The second-order valence-corrected chi connectivity index (χ2v) is 10.0. The van der Waals surface area contributed by atoms with Crippen molar-refractivity contribution in [2.45, 2.75) is 11.7 Å². The Kier molecular flexibility index (Phi) is 2.14. The van der Waals surface area contributed by atoms with E-state index in [-0.39, 0.29) is 0 Å². The van der Waals surface area contributed by atoms with Crippen LogP contribution in [0.25, 0.3) is 54.8 Å². The molecule has 1 nitrogen and oxygen atoms in total. The number of fused-ring (bicyclic) bond motifs is 4. The highest BCUT2D eigenvalue weighted by molar-refractivity contribution is 6.95. The van der Waals surface area contributed by atoms with Crippen LogP contribution in [0.1, 0.15) is 17.0 Å². The van der Waals surface area contributed by atoms with Crippen molar-refractivity contribution in [1.82, 2.24) is 4.40 Å². The summed E-state index contributed by atoms with van der Waals surface area (Å²) in [4.78, 5) is 0. The molecule has 6 aromatic rings. The fourth-order valence-corrected chi connectivity index (χ4v) is 7.91. The molecule has 1 aliphatic carbocycles. The second kappa shape index (κ2) is 4.54. The van der Waals surface area contributed by atoms with E-state index in [2.05, 4.69) is 89.4 Å². The van der Waals surface area contributed by atoms with Gasteiger partial charge in [-0.2, -0.15) is 0 Å². The first-order valence-corrected chi connectivity index (χ1v) is 11.7. The summed E-state index contributed by atoms with van der Waals surface area (Å²) in [7, 11) is 0. The highest BCUT2D eigenvalue weighted by atomic mass is 14.9. The molecule has 0 bridgehead atoms. The molecule has 2 unspecified atom stereocenters. The predicted octanol–water partition coefficient (Wildman–Crippen LogP) is 5.86. The van der Waals surface area contributed by atoms with Crippen LogP contribution in [0.4, 0.5) is 0 Å². The fourth-order valence-electron chi connectivity index (χ4n) is 7.91. The highest BCUT2D eigenvalue weighted by Gasteiger charge is 2.54. The SMILES string of the molecule is C1=CC2c3ccc4c5cc(-c6ccccc6)cc6c7ccc8c9c7n(c4c3B9C2C8=C1)c65. The molecule has 2 aromatic heterocycles. The number of allylic oxidation sites excluding steroid dienone is 4. The molecule has 0 saturated carbocycles. The van der Waals surface area contributed by atoms with Gasteiger partial charge in [0.05, 0.1) is 5.52 Å². The third-order valence-corrected chi connectivity index (χ3v) is 8.93. The first-order chi connectivity index (χ1) is 15.9. The van der Waals surface area contributed by atoms with Crippen LogP contribution in [0.2, 0.25) is 5.82 Å². The first kappa shape index (κ1) is 15.1. The van der Waals surface area contributed by atoms with Crippen molar-refractivity contribution in [3.8, 4) is 11.1 Å². The quantitative estimate of drug-likeness (QED) is 0.304. The summed E-state index contributed by atoms with van der Waals surface area (Å²) in [6.07, 6.45) is 7.14. The maximum atomic E-state index is 2.64. The smallest absolute Gasteiger partial charge is 0.224 e. The lowest BCUT2D eigenvalue weighted by Crippen LogP contribution is -2.43. The Hall–Kier alpha value is -3.78. The lowest BCUT2D eigenvalue weighted by atomic mass is 9.37. The topological polar surface area (TPSA) is 4.41 Å². The van der Waals surface area contributed by atoms with Gasteiger partial charge in [0, 0.05) is 38.5 Å². The van der Waals surface area contributed by atoms with Gasteiger partial charge in [0.15, 0.2) is 0 Å². The predicted molar refractivity (Wildman–Crippen MR) is 135 cm³/mol. The summed E-state index contributed by atoms with van der Waals surface area (Å²) in [6.45, 7) is 0.527. The van der Waals surface area contributed by atoms with Crippen LogP contribution in [-0.4, -0.2) is 11.1 Å². The molecule has 0 saturated heterocycles.